The molecule has 42 heavy (non-hydrogen) atoms. The van der Waals surface area contributed by atoms with Crippen LogP contribution in [0.4, 0.5) is 0 Å². The molecule has 3 nitrogen and oxygen atoms in total. The molecule has 4 heteroatoms. The molecule has 0 spiro atoms. The van der Waals surface area contributed by atoms with Gasteiger partial charge in [-0.05, 0) is 64.7 Å². The van der Waals surface area contributed by atoms with Crippen molar-refractivity contribution in [1.29, 1.82) is 0 Å². The molecule has 0 bridgehead atoms. The van der Waals surface area contributed by atoms with Crippen molar-refractivity contribution in [3.8, 4) is 22.5 Å². The average Bonchev–Trinajstić information content (AvgIpc) is 3.37. The normalized spacial score (nSPS) is 11.0. The number of pyridine rings is 2. The Labute approximate surface area is 261 Å². The van der Waals surface area contributed by atoms with E-state index in [2.05, 4.69) is 93.3 Å². The van der Waals surface area contributed by atoms with Crippen LogP contribution in [0.15, 0.2) is 108 Å². The molecular formula is C38H32IrN2O-2. The van der Waals surface area contributed by atoms with Gasteiger partial charge in [-0.15, -0.1) is 53.6 Å². The number of hydrogen-bond donors (Lipinski definition) is 0. The molecular weight excluding hydrogens is 693 g/mol. The smallest absolute Gasteiger partial charge is 0.123 e. The second-order valence-electron chi connectivity index (χ2n) is 10.9. The standard InChI is InChI=1S/C27H24NO.C11H8N.Ir/c1-16(2)12-19-8-9-21-20(15-19)10-11-28-25(21)24-14-17(3)13-23-22-7-5-6-18(4)26(22)29-27(23)24;1-2-6-10(7-3-1)11-8-4-5-9-12-11;/h5-11,13,15-16H,12H2,1-4H3;1-6,8-9H;/q2*-1;. The fourth-order valence-corrected chi connectivity index (χ4v) is 5.38. The Morgan fingerprint density at radius 2 is 1.62 bits per heavy atom. The number of furan rings is 1. The van der Waals surface area contributed by atoms with Gasteiger partial charge < -0.3 is 14.4 Å². The van der Waals surface area contributed by atoms with E-state index >= 15 is 0 Å². The van der Waals surface area contributed by atoms with Gasteiger partial charge in [-0.1, -0.05) is 80.3 Å². The largest absolute Gasteiger partial charge is 0.500 e. The third kappa shape index (κ3) is 6.06. The molecule has 3 heterocycles. The predicted molar refractivity (Wildman–Crippen MR) is 170 cm³/mol. The maximum atomic E-state index is 6.38. The maximum absolute atomic E-state index is 6.38. The van der Waals surface area contributed by atoms with Gasteiger partial charge in [-0.25, -0.2) is 0 Å². The van der Waals surface area contributed by atoms with Gasteiger partial charge in [0.2, 0.25) is 0 Å². The van der Waals surface area contributed by atoms with Crippen LogP contribution in [-0.2, 0) is 26.5 Å². The van der Waals surface area contributed by atoms with Gasteiger partial charge in [0.15, 0.2) is 0 Å². The average molecular weight is 725 g/mol. The summed E-state index contributed by atoms with van der Waals surface area (Å²) < 4.78 is 6.38. The molecule has 1 radical (unpaired) electrons. The van der Waals surface area contributed by atoms with Crippen molar-refractivity contribution in [2.75, 3.05) is 0 Å². The van der Waals surface area contributed by atoms with Crippen molar-refractivity contribution >= 4 is 32.7 Å². The number of para-hydroxylation sites is 1. The minimum atomic E-state index is 0. The van der Waals surface area contributed by atoms with Crippen LogP contribution in [0.3, 0.4) is 0 Å². The van der Waals surface area contributed by atoms with Crippen LogP contribution in [-0.4, -0.2) is 9.97 Å². The van der Waals surface area contributed by atoms with Gasteiger partial charge in [0.25, 0.3) is 0 Å². The quantitative estimate of drug-likeness (QED) is 0.170. The topological polar surface area (TPSA) is 38.9 Å². The molecule has 0 unspecified atom stereocenters. The molecule has 7 aromatic rings. The SMILES string of the molecule is Cc1[c-]c(-c2nccc3cc(CC(C)C)ccc23)c2oc3c(C)cccc3c2c1.[Ir].[c-]1ccccc1-c1ccccn1. The van der Waals surface area contributed by atoms with Gasteiger partial charge in [0, 0.05) is 37.9 Å². The molecule has 0 aliphatic heterocycles. The van der Waals surface area contributed by atoms with E-state index in [1.165, 1.54) is 10.9 Å². The molecule has 0 amide bonds. The van der Waals surface area contributed by atoms with Crippen LogP contribution >= 0.6 is 0 Å². The zero-order valence-corrected chi connectivity index (χ0v) is 26.6. The molecule has 7 rings (SSSR count). The first-order valence-electron chi connectivity index (χ1n) is 14.1. The molecule has 3 aromatic heterocycles. The van der Waals surface area contributed by atoms with Gasteiger partial charge >= 0.3 is 0 Å². The Morgan fingerprint density at radius 1 is 0.762 bits per heavy atom. The Hall–Kier alpha value is -4.11. The Balaban J connectivity index is 0.000000228. The molecule has 0 aliphatic carbocycles. The molecule has 4 aromatic carbocycles. The van der Waals surface area contributed by atoms with Crippen LogP contribution in [0, 0.1) is 31.9 Å². The summed E-state index contributed by atoms with van der Waals surface area (Å²) >= 11 is 0. The molecule has 0 N–H and O–H groups in total. The first-order valence-corrected chi connectivity index (χ1v) is 14.1. The summed E-state index contributed by atoms with van der Waals surface area (Å²) in [5.74, 6) is 0.636. The van der Waals surface area contributed by atoms with Gasteiger partial charge in [-0.2, -0.15) is 0 Å². The minimum absolute atomic E-state index is 0. The number of fused-ring (bicyclic) bond motifs is 4. The van der Waals surface area contributed by atoms with E-state index in [-0.39, 0.29) is 20.1 Å². The van der Waals surface area contributed by atoms with E-state index in [1.54, 1.807) is 6.20 Å². The van der Waals surface area contributed by atoms with Crippen molar-refractivity contribution < 1.29 is 24.5 Å². The minimum Gasteiger partial charge on any atom is -0.500 e. The van der Waals surface area contributed by atoms with E-state index in [0.717, 1.165) is 67.4 Å². The Bertz CT molecular complexity index is 1920. The molecule has 0 fully saturated rings. The van der Waals surface area contributed by atoms with Crippen molar-refractivity contribution in [2.24, 2.45) is 5.92 Å². The monoisotopic (exact) mass is 725 g/mol. The zero-order chi connectivity index (χ0) is 28.3. The summed E-state index contributed by atoms with van der Waals surface area (Å²) in [6.07, 6.45) is 4.76. The Morgan fingerprint density at radius 3 is 2.38 bits per heavy atom. The summed E-state index contributed by atoms with van der Waals surface area (Å²) in [7, 11) is 0. The molecule has 0 atom stereocenters. The third-order valence-corrected chi connectivity index (χ3v) is 7.22. The van der Waals surface area contributed by atoms with Crippen LogP contribution in [0.2, 0.25) is 0 Å². The van der Waals surface area contributed by atoms with Crippen molar-refractivity contribution in [3.63, 3.8) is 0 Å². The third-order valence-electron chi connectivity index (χ3n) is 7.22. The molecule has 211 valence electrons. The molecule has 0 saturated carbocycles. The number of aryl methyl sites for hydroxylation is 2. The van der Waals surface area contributed by atoms with Crippen LogP contribution < -0.4 is 0 Å². The van der Waals surface area contributed by atoms with Crippen LogP contribution in [0.25, 0.3) is 55.2 Å². The van der Waals surface area contributed by atoms with Crippen LogP contribution in [0.5, 0.6) is 0 Å². The first kappa shape index (κ1) is 29.4. The van der Waals surface area contributed by atoms with Gasteiger partial charge in [0.1, 0.15) is 5.58 Å². The molecule has 0 saturated heterocycles. The van der Waals surface area contributed by atoms with E-state index < -0.39 is 0 Å². The van der Waals surface area contributed by atoms with Crippen molar-refractivity contribution in [3.05, 3.63) is 132 Å². The number of benzene rings is 4. The summed E-state index contributed by atoms with van der Waals surface area (Å²) in [5.41, 5.74) is 9.30. The number of hydrogen-bond acceptors (Lipinski definition) is 3. The first-order chi connectivity index (χ1) is 20.0. The summed E-state index contributed by atoms with van der Waals surface area (Å²) in [5, 5.41) is 4.63. The second-order valence-corrected chi connectivity index (χ2v) is 10.9. The fourth-order valence-electron chi connectivity index (χ4n) is 5.38. The second kappa shape index (κ2) is 12.8. The van der Waals surface area contributed by atoms with Crippen molar-refractivity contribution in [1.82, 2.24) is 9.97 Å². The zero-order valence-electron chi connectivity index (χ0n) is 24.2. The van der Waals surface area contributed by atoms with E-state index in [9.17, 15) is 0 Å². The van der Waals surface area contributed by atoms with E-state index in [1.807, 2.05) is 48.7 Å². The fraction of sp³-hybridized carbons (Fsp3) is 0.158. The van der Waals surface area contributed by atoms with Crippen molar-refractivity contribution in [2.45, 2.75) is 34.1 Å². The summed E-state index contributed by atoms with van der Waals surface area (Å²) in [4.78, 5) is 8.98. The van der Waals surface area contributed by atoms with Gasteiger partial charge in [-0.3, -0.25) is 0 Å². The summed E-state index contributed by atoms with van der Waals surface area (Å²) in [6, 6.07) is 37.6. The number of aromatic nitrogens is 2. The van der Waals surface area contributed by atoms with E-state index in [0.29, 0.717) is 5.92 Å². The van der Waals surface area contributed by atoms with Crippen LogP contribution in [0.1, 0.15) is 30.5 Å². The summed E-state index contributed by atoms with van der Waals surface area (Å²) in [6.45, 7) is 8.69. The predicted octanol–water partition coefficient (Wildman–Crippen LogP) is 9.96. The number of rotatable bonds is 4. The van der Waals surface area contributed by atoms with E-state index in [4.69, 9.17) is 9.40 Å². The molecule has 0 aliphatic rings. The maximum Gasteiger partial charge on any atom is 0.123 e. The number of nitrogens with zero attached hydrogens (tertiary/aromatic N) is 2. The Kier molecular flexibility index (Phi) is 8.97. The van der Waals surface area contributed by atoms with Gasteiger partial charge in [0.05, 0.1) is 5.58 Å².